The van der Waals surface area contributed by atoms with Crippen LogP contribution in [0.2, 0.25) is 0 Å². The lowest BCUT2D eigenvalue weighted by Gasteiger charge is -2.22. The highest BCUT2D eigenvalue weighted by Gasteiger charge is 2.49. The van der Waals surface area contributed by atoms with E-state index in [0.717, 1.165) is 16.8 Å². The van der Waals surface area contributed by atoms with E-state index in [1.54, 1.807) is 37.2 Å². The van der Waals surface area contributed by atoms with Gasteiger partial charge in [-0.15, -0.1) is 0 Å². The molecule has 154 valence electrons. The number of hydrogen-bond acceptors (Lipinski definition) is 5. The van der Waals surface area contributed by atoms with Crippen molar-refractivity contribution in [3.8, 4) is 22.6 Å². The standard InChI is InChI=1S/C20H18F3NO4S/c1-24(2)17-10-8-13-6-4-5-7-15(13)19(17)16-12-14(27-3)9-11-18(16)28-29(25,26)20(21,22)23/h4-12H,1-3H3. The lowest BCUT2D eigenvalue weighted by Crippen LogP contribution is -2.28. The second-order valence-electron chi connectivity index (χ2n) is 6.42. The molecule has 0 amide bonds. The van der Waals surface area contributed by atoms with Gasteiger partial charge in [-0.25, -0.2) is 0 Å². The van der Waals surface area contributed by atoms with E-state index in [9.17, 15) is 21.6 Å². The smallest absolute Gasteiger partial charge is 0.497 e. The van der Waals surface area contributed by atoms with Gasteiger partial charge in [-0.3, -0.25) is 0 Å². The number of methoxy groups -OCH3 is 1. The molecule has 5 nitrogen and oxygen atoms in total. The highest BCUT2D eigenvalue weighted by molar-refractivity contribution is 7.88. The summed E-state index contributed by atoms with van der Waals surface area (Å²) in [5.41, 5.74) is -4.18. The number of benzene rings is 3. The van der Waals surface area contributed by atoms with Gasteiger partial charge in [0.15, 0.2) is 5.75 Å². The summed E-state index contributed by atoms with van der Waals surface area (Å²) in [4.78, 5) is 1.78. The zero-order chi connectivity index (χ0) is 21.4. The van der Waals surface area contributed by atoms with E-state index in [2.05, 4.69) is 4.18 Å². The van der Waals surface area contributed by atoms with E-state index in [1.807, 2.05) is 18.2 Å². The maximum Gasteiger partial charge on any atom is 0.534 e. The quantitative estimate of drug-likeness (QED) is 0.434. The molecule has 0 aromatic heterocycles. The molecule has 0 unspecified atom stereocenters. The third kappa shape index (κ3) is 3.95. The first-order valence-corrected chi connectivity index (χ1v) is 9.84. The summed E-state index contributed by atoms with van der Waals surface area (Å²) in [5.74, 6) is -0.100. The van der Waals surface area contributed by atoms with Crippen molar-refractivity contribution in [3.63, 3.8) is 0 Å². The Kier molecular flexibility index (Phi) is 5.36. The lowest BCUT2D eigenvalue weighted by atomic mass is 9.95. The molecule has 0 N–H and O–H groups in total. The molecule has 9 heteroatoms. The summed E-state index contributed by atoms with van der Waals surface area (Å²) < 4.78 is 71.8. The molecule has 0 aliphatic carbocycles. The molecular weight excluding hydrogens is 407 g/mol. The first-order valence-electron chi connectivity index (χ1n) is 8.43. The van der Waals surface area contributed by atoms with Crippen LogP contribution in [0.3, 0.4) is 0 Å². The maximum atomic E-state index is 12.9. The molecule has 0 spiro atoms. The minimum absolute atomic E-state index is 0.165. The van der Waals surface area contributed by atoms with Gasteiger partial charge in [0.05, 0.1) is 7.11 Å². The molecule has 0 saturated carbocycles. The molecule has 0 fully saturated rings. The van der Waals surface area contributed by atoms with Crippen LogP contribution in [0.1, 0.15) is 0 Å². The van der Waals surface area contributed by atoms with Gasteiger partial charge in [-0.1, -0.05) is 30.3 Å². The normalized spacial score (nSPS) is 12.1. The average molecular weight is 425 g/mol. The Hall–Kier alpha value is -2.94. The predicted octanol–water partition coefficient (Wildman–Crippen LogP) is 4.81. The van der Waals surface area contributed by atoms with Crippen LogP contribution in [0.4, 0.5) is 18.9 Å². The summed E-state index contributed by atoms with van der Waals surface area (Å²) >= 11 is 0. The van der Waals surface area contributed by atoms with E-state index in [0.29, 0.717) is 17.0 Å². The average Bonchev–Trinajstić information content (AvgIpc) is 2.66. The largest absolute Gasteiger partial charge is 0.534 e. The second-order valence-corrected chi connectivity index (χ2v) is 7.96. The van der Waals surface area contributed by atoms with Crippen molar-refractivity contribution in [1.82, 2.24) is 0 Å². The van der Waals surface area contributed by atoms with Crippen molar-refractivity contribution in [2.45, 2.75) is 5.51 Å². The zero-order valence-electron chi connectivity index (χ0n) is 15.8. The fraction of sp³-hybridized carbons (Fsp3) is 0.200. The molecule has 3 aromatic rings. The first kappa shape index (κ1) is 20.8. The fourth-order valence-corrected chi connectivity index (χ4v) is 3.46. The summed E-state index contributed by atoms with van der Waals surface area (Å²) in [6.07, 6.45) is 0. The van der Waals surface area contributed by atoms with Crippen LogP contribution in [-0.2, 0) is 10.1 Å². The topological polar surface area (TPSA) is 55.8 Å². The molecule has 0 aliphatic rings. The molecule has 3 rings (SSSR count). The monoisotopic (exact) mass is 425 g/mol. The number of halogens is 3. The molecule has 0 saturated heterocycles. The van der Waals surface area contributed by atoms with Crippen molar-refractivity contribution in [3.05, 3.63) is 54.6 Å². The van der Waals surface area contributed by atoms with Crippen LogP contribution in [0, 0.1) is 0 Å². The van der Waals surface area contributed by atoms with Gasteiger partial charge in [-0.2, -0.15) is 21.6 Å². The third-order valence-electron chi connectivity index (χ3n) is 4.33. The maximum absolute atomic E-state index is 12.9. The van der Waals surface area contributed by atoms with Crippen molar-refractivity contribution in [1.29, 1.82) is 0 Å². The Bertz CT molecular complexity index is 1160. The van der Waals surface area contributed by atoms with Gasteiger partial charge in [0.1, 0.15) is 5.75 Å². The van der Waals surface area contributed by atoms with E-state index >= 15 is 0 Å². The fourth-order valence-electron chi connectivity index (χ4n) is 2.99. The van der Waals surface area contributed by atoms with E-state index in [-0.39, 0.29) is 5.56 Å². The Labute approximate surface area is 166 Å². The Morgan fingerprint density at radius 2 is 1.66 bits per heavy atom. The number of fused-ring (bicyclic) bond motifs is 1. The van der Waals surface area contributed by atoms with Crippen LogP contribution < -0.4 is 13.8 Å². The third-order valence-corrected chi connectivity index (χ3v) is 5.29. The summed E-state index contributed by atoms with van der Waals surface area (Å²) in [6, 6.07) is 14.9. The van der Waals surface area contributed by atoms with Crippen LogP contribution in [0.5, 0.6) is 11.5 Å². The molecule has 0 heterocycles. The van der Waals surface area contributed by atoms with Crippen LogP contribution in [-0.4, -0.2) is 35.1 Å². The SMILES string of the molecule is COc1ccc(OS(=O)(=O)C(F)(F)F)c(-c2c(N(C)C)ccc3ccccc23)c1. The number of nitrogens with zero attached hydrogens (tertiary/aromatic N) is 1. The second kappa shape index (κ2) is 7.47. The van der Waals surface area contributed by atoms with Crippen molar-refractivity contribution >= 4 is 26.6 Å². The number of alkyl halides is 3. The molecule has 0 aliphatic heterocycles. The highest BCUT2D eigenvalue weighted by atomic mass is 32.2. The highest BCUT2D eigenvalue weighted by Crippen LogP contribution is 2.44. The van der Waals surface area contributed by atoms with Crippen molar-refractivity contribution < 1.29 is 30.5 Å². The van der Waals surface area contributed by atoms with E-state index < -0.39 is 21.4 Å². The van der Waals surface area contributed by atoms with Gasteiger partial charge in [-0.05, 0) is 35.0 Å². The van der Waals surface area contributed by atoms with Gasteiger partial charge >= 0.3 is 15.6 Å². The van der Waals surface area contributed by atoms with Gasteiger partial charge < -0.3 is 13.8 Å². The van der Waals surface area contributed by atoms with Crippen molar-refractivity contribution in [2.75, 3.05) is 26.1 Å². The number of rotatable bonds is 5. The lowest BCUT2D eigenvalue weighted by molar-refractivity contribution is -0.0499. The van der Waals surface area contributed by atoms with E-state index in [4.69, 9.17) is 4.74 Å². The minimum atomic E-state index is -5.84. The number of hydrogen-bond donors (Lipinski definition) is 0. The minimum Gasteiger partial charge on any atom is -0.497 e. The molecule has 29 heavy (non-hydrogen) atoms. The van der Waals surface area contributed by atoms with Gasteiger partial charge in [0.25, 0.3) is 0 Å². The molecule has 0 bridgehead atoms. The molecule has 0 atom stereocenters. The molecule has 3 aromatic carbocycles. The summed E-state index contributed by atoms with van der Waals surface area (Å²) in [6.45, 7) is 0. The predicted molar refractivity (Wildman–Crippen MR) is 106 cm³/mol. The van der Waals surface area contributed by atoms with Crippen LogP contribution >= 0.6 is 0 Å². The number of anilines is 1. The summed E-state index contributed by atoms with van der Waals surface area (Å²) in [7, 11) is -0.880. The first-order chi connectivity index (χ1) is 13.5. The van der Waals surface area contributed by atoms with Crippen molar-refractivity contribution in [2.24, 2.45) is 0 Å². The van der Waals surface area contributed by atoms with Crippen LogP contribution in [0.15, 0.2) is 54.6 Å². The number of ether oxygens (including phenoxy) is 1. The Morgan fingerprint density at radius 3 is 2.28 bits per heavy atom. The Balaban J connectivity index is 2.35. The molecule has 0 radical (unpaired) electrons. The van der Waals surface area contributed by atoms with Gasteiger partial charge in [0, 0.05) is 30.9 Å². The molecular formula is C20H18F3NO4S. The van der Waals surface area contributed by atoms with Gasteiger partial charge in [0.2, 0.25) is 0 Å². The van der Waals surface area contributed by atoms with E-state index in [1.165, 1.54) is 19.2 Å². The summed E-state index contributed by atoms with van der Waals surface area (Å²) in [5, 5.41) is 1.56. The zero-order valence-corrected chi connectivity index (χ0v) is 16.6. The van der Waals surface area contributed by atoms with Crippen LogP contribution in [0.25, 0.3) is 21.9 Å². The Morgan fingerprint density at radius 1 is 0.966 bits per heavy atom.